The molecule has 0 bridgehead atoms. The van der Waals surface area contributed by atoms with Crippen LogP contribution in [0.3, 0.4) is 0 Å². The van der Waals surface area contributed by atoms with E-state index in [1.807, 2.05) is 12.4 Å². The zero-order valence-electron chi connectivity index (χ0n) is 10.4. The summed E-state index contributed by atoms with van der Waals surface area (Å²) in [6.45, 7) is 8.40. The molecule has 16 heavy (non-hydrogen) atoms. The van der Waals surface area contributed by atoms with Crippen LogP contribution in [0, 0.1) is 5.92 Å². The van der Waals surface area contributed by atoms with Gasteiger partial charge in [-0.05, 0) is 18.9 Å². The quantitative estimate of drug-likeness (QED) is 0.586. The lowest BCUT2D eigenvalue weighted by Crippen LogP contribution is -2.12. The molecule has 1 aromatic rings. The summed E-state index contributed by atoms with van der Waals surface area (Å²) in [5.74, 6) is 1.85. The van der Waals surface area contributed by atoms with Crippen LogP contribution in [0.4, 0.5) is 0 Å². The van der Waals surface area contributed by atoms with E-state index in [9.17, 15) is 0 Å². The van der Waals surface area contributed by atoms with Gasteiger partial charge in [0.25, 0.3) is 0 Å². The molecular formula is C12H21N3S. The molecule has 0 saturated carbocycles. The fourth-order valence-electron chi connectivity index (χ4n) is 1.16. The predicted octanol–water partition coefficient (Wildman–Crippen LogP) is 2.72. The first-order valence-corrected chi connectivity index (χ1v) is 6.85. The van der Waals surface area contributed by atoms with Gasteiger partial charge in [-0.2, -0.15) is 0 Å². The van der Waals surface area contributed by atoms with Gasteiger partial charge in [0.15, 0.2) is 5.16 Å². The molecule has 90 valence electrons. The summed E-state index contributed by atoms with van der Waals surface area (Å²) in [7, 11) is 0. The van der Waals surface area contributed by atoms with Gasteiger partial charge in [-0.25, -0.2) is 9.97 Å². The maximum Gasteiger partial charge on any atom is 0.187 e. The molecule has 1 N–H and O–H groups in total. The van der Waals surface area contributed by atoms with E-state index in [1.54, 1.807) is 11.8 Å². The van der Waals surface area contributed by atoms with Crippen molar-refractivity contribution in [2.45, 2.75) is 38.9 Å². The molecule has 0 aliphatic heterocycles. The third-order valence-electron chi connectivity index (χ3n) is 2.19. The summed E-state index contributed by atoms with van der Waals surface area (Å²) in [6, 6.07) is 0. The normalized spacial score (nSPS) is 11.0. The van der Waals surface area contributed by atoms with E-state index in [2.05, 4.69) is 36.1 Å². The van der Waals surface area contributed by atoms with Crippen molar-refractivity contribution in [3.05, 3.63) is 18.0 Å². The fraction of sp³-hybridized carbons (Fsp3) is 0.667. The first kappa shape index (κ1) is 13.5. The maximum absolute atomic E-state index is 4.34. The third-order valence-corrected chi connectivity index (χ3v) is 3.10. The smallest absolute Gasteiger partial charge is 0.187 e. The number of nitrogens with zero attached hydrogens (tertiary/aromatic N) is 2. The molecule has 0 aliphatic rings. The molecule has 0 atom stereocenters. The van der Waals surface area contributed by atoms with Crippen molar-refractivity contribution in [3.63, 3.8) is 0 Å². The van der Waals surface area contributed by atoms with Crippen molar-refractivity contribution in [2.24, 2.45) is 5.92 Å². The highest BCUT2D eigenvalue weighted by Gasteiger charge is 2.00. The van der Waals surface area contributed by atoms with Gasteiger partial charge in [-0.1, -0.05) is 32.5 Å². The number of hydrogen-bond donors (Lipinski definition) is 1. The highest BCUT2D eigenvalue weighted by molar-refractivity contribution is 7.99. The zero-order chi connectivity index (χ0) is 11.8. The second kappa shape index (κ2) is 7.63. The minimum atomic E-state index is 0.750. The van der Waals surface area contributed by atoms with E-state index in [4.69, 9.17) is 0 Å². The Balaban J connectivity index is 2.33. The van der Waals surface area contributed by atoms with Crippen molar-refractivity contribution in [1.29, 1.82) is 0 Å². The maximum atomic E-state index is 4.34. The van der Waals surface area contributed by atoms with Crippen LogP contribution in [0.1, 0.15) is 32.8 Å². The van der Waals surface area contributed by atoms with E-state index in [1.165, 1.54) is 6.42 Å². The molecular weight excluding hydrogens is 218 g/mol. The number of aromatic nitrogens is 2. The van der Waals surface area contributed by atoms with E-state index in [-0.39, 0.29) is 0 Å². The Morgan fingerprint density at radius 2 is 2.00 bits per heavy atom. The number of rotatable bonds is 7. The lowest BCUT2D eigenvalue weighted by Gasteiger charge is -2.04. The van der Waals surface area contributed by atoms with Crippen molar-refractivity contribution < 1.29 is 0 Å². The monoisotopic (exact) mass is 239 g/mol. The number of thioether (sulfide) groups is 1. The van der Waals surface area contributed by atoms with Gasteiger partial charge in [0, 0.05) is 30.3 Å². The molecule has 1 heterocycles. The SMILES string of the molecule is CCNCc1cnc(SCCC(C)C)nc1. The highest BCUT2D eigenvalue weighted by atomic mass is 32.2. The topological polar surface area (TPSA) is 37.8 Å². The Bertz CT molecular complexity index is 285. The molecule has 0 aliphatic carbocycles. The third kappa shape index (κ3) is 5.47. The van der Waals surface area contributed by atoms with Crippen LogP contribution >= 0.6 is 11.8 Å². The summed E-state index contributed by atoms with van der Waals surface area (Å²) in [5.41, 5.74) is 1.15. The van der Waals surface area contributed by atoms with Crippen molar-refractivity contribution in [1.82, 2.24) is 15.3 Å². The second-order valence-corrected chi connectivity index (χ2v) is 5.25. The first-order chi connectivity index (χ1) is 7.72. The summed E-state index contributed by atoms with van der Waals surface area (Å²) < 4.78 is 0. The minimum Gasteiger partial charge on any atom is -0.313 e. The van der Waals surface area contributed by atoms with Crippen LogP contribution in [0.5, 0.6) is 0 Å². The van der Waals surface area contributed by atoms with Gasteiger partial charge in [0.05, 0.1) is 0 Å². The standard InChI is InChI=1S/C12H21N3S/c1-4-13-7-11-8-14-12(15-9-11)16-6-5-10(2)3/h8-10,13H,4-7H2,1-3H3. The molecule has 4 heteroatoms. The fourth-order valence-corrected chi connectivity index (χ4v) is 2.19. The van der Waals surface area contributed by atoms with Crippen molar-refractivity contribution in [3.8, 4) is 0 Å². The second-order valence-electron chi connectivity index (χ2n) is 4.19. The molecule has 0 saturated heterocycles. The molecule has 0 aromatic carbocycles. The van der Waals surface area contributed by atoms with E-state index >= 15 is 0 Å². The predicted molar refractivity (Wildman–Crippen MR) is 69.6 cm³/mol. The summed E-state index contributed by atoms with van der Waals surface area (Å²) in [6.07, 6.45) is 5.04. The van der Waals surface area contributed by atoms with Gasteiger partial charge in [-0.15, -0.1) is 0 Å². The van der Waals surface area contributed by atoms with Crippen LogP contribution in [0.25, 0.3) is 0 Å². The molecule has 0 spiro atoms. The molecule has 0 amide bonds. The van der Waals surface area contributed by atoms with Crippen molar-refractivity contribution in [2.75, 3.05) is 12.3 Å². The van der Waals surface area contributed by atoms with Gasteiger partial charge in [-0.3, -0.25) is 0 Å². The van der Waals surface area contributed by atoms with Crippen LogP contribution in [-0.4, -0.2) is 22.3 Å². The van der Waals surface area contributed by atoms with E-state index in [0.29, 0.717) is 0 Å². The van der Waals surface area contributed by atoms with E-state index < -0.39 is 0 Å². The van der Waals surface area contributed by atoms with E-state index in [0.717, 1.165) is 35.5 Å². The average Bonchev–Trinajstić information content (AvgIpc) is 2.27. The Hall–Kier alpha value is -0.610. The first-order valence-electron chi connectivity index (χ1n) is 5.86. The average molecular weight is 239 g/mol. The summed E-state index contributed by atoms with van der Waals surface area (Å²) in [4.78, 5) is 8.68. The molecule has 0 radical (unpaired) electrons. The van der Waals surface area contributed by atoms with Crippen LogP contribution < -0.4 is 5.32 Å². The molecule has 0 unspecified atom stereocenters. The van der Waals surface area contributed by atoms with Gasteiger partial charge < -0.3 is 5.32 Å². The largest absolute Gasteiger partial charge is 0.313 e. The Morgan fingerprint density at radius 1 is 1.31 bits per heavy atom. The van der Waals surface area contributed by atoms with Crippen LogP contribution in [-0.2, 0) is 6.54 Å². The highest BCUT2D eigenvalue weighted by Crippen LogP contribution is 2.15. The van der Waals surface area contributed by atoms with Gasteiger partial charge in [0.2, 0.25) is 0 Å². The molecule has 1 rings (SSSR count). The summed E-state index contributed by atoms with van der Waals surface area (Å²) in [5, 5.41) is 4.15. The molecule has 0 fully saturated rings. The lowest BCUT2D eigenvalue weighted by molar-refractivity contribution is 0.631. The van der Waals surface area contributed by atoms with Gasteiger partial charge in [0.1, 0.15) is 0 Å². The molecule has 1 aromatic heterocycles. The lowest BCUT2D eigenvalue weighted by atomic mass is 10.2. The Labute approximate surface area is 102 Å². The minimum absolute atomic E-state index is 0.750. The van der Waals surface area contributed by atoms with Crippen molar-refractivity contribution >= 4 is 11.8 Å². The number of nitrogens with one attached hydrogen (secondary N) is 1. The summed E-state index contributed by atoms with van der Waals surface area (Å²) >= 11 is 1.74. The Kier molecular flexibility index (Phi) is 6.42. The Morgan fingerprint density at radius 3 is 2.56 bits per heavy atom. The van der Waals surface area contributed by atoms with Crippen LogP contribution in [0.15, 0.2) is 17.6 Å². The zero-order valence-corrected chi connectivity index (χ0v) is 11.2. The van der Waals surface area contributed by atoms with Gasteiger partial charge >= 0.3 is 0 Å². The number of hydrogen-bond acceptors (Lipinski definition) is 4. The molecule has 3 nitrogen and oxygen atoms in total. The van der Waals surface area contributed by atoms with Crippen LogP contribution in [0.2, 0.25) is 0 Å².